The Morgan fingerprint density at radius 1 is 1.21 bits per heavy atom. The number of benzene rings is 1. The van der Waals surface area contributed by atoms with Crippen molar-refractivity contribution in [2.24, 2.45) is 10.2 Å². The van der Waals surface area contributed by atoms with E-state index < -0.39 is 0 Å². The lowest BCUT2D eigenvalue weighted by Crippen LogP contribution is -2.35. The van der Waals surface area contributed by atoms with Gasteiger partial charge in [0.1, 0.15) is 11.4 Å². The minimum Gasteiger partial charge on any atom is -0.348 e. The molecule has 1 aromatic carbocycles. The van der Waals surface area contributed by atoms with Crippen LogP contribution in [0.15, 0.2) is 28.4 Å². The fraction of sp³-hybridized carbons (Fsp3) is 0.375. The van der Waals surface area contributed by atoms with Crippen molar-refractivity contribution in [1.29, 1.82) is 0 Å². The standard InChI is InChI=1S/C16H19Cl2N5S/c1-5-22(6-2)16(24)23-11(4)15(10(3)21-23)20-19-13-9-7-8-12(17)14(13)18/h7-9H,5-6H2,1-4H3. The summed E-state index contributed by atoms with van der Waals surface area (Å²) >= 11 is 17.7. The van der Waals surface area contributed by atoms with Gasteiger partial charge in [-0.25, -0.2) is 4.68 Å². The van der Waals surface area contributed by atoms with Crippen LogP contribution in [0.25, 0.3) is 0 Å². The quantitative estimate of drug-likeness (QED) is 0.502. The number of aryl methyl sites for hydroxylation is 1. The van der Waals surface area contributed by atoms with Crippen LogP contribution in [0.2, 0.25) is 10.0 Å². The highest BCUT2D eigenvalue weighted by Crippen LogP contribution is 2.33. The summed E-state index contributed by atoms with van der Waals surface area (Å²) in [6, 6.07) is 5.24. The minimum absolute atomic E-state index is 0.379. The molecule has 0 spiro atoms. The molecule has 2 aromatic rings. The summed E-state index contributed by atoms with van der Waals surface area (Å²) in [5.74, 6) is 0. The SMILES string of the molecule is CCN(CC)C(=S)n1nc(C)c(N=Nc2cccc(Cl)c2Cl)c1C. The molecule has 0 radical (unpaired) electrons. The molecule has 0 bridgehead atoms. The lowest BCUT2D eigenvalue weighted by molar-refractivity contribution is 0.453. The molecule has 0 N–H and O–H groups in total. The fourth-order valence-corrected chi connectivity index (χ4v) is 3.04. The molecule has 0 amide bonds. The first-order chi connectivity index (χ1) is 11.4. The van der Waals surface area contributed by atoms with Crippen LogP contribution in [0.3, 0.4) is 0 Å². The van der Waals surface area contributed by atoms with Crippen LogP contribution in [0, 0.1) is 13.8 Å². The zero-order valence-corrected chi connectivity index (χ0v) is 16.4. The maximum Gasteiger partial charge on any atom is 0.196 e. The first-order valence-corrected chi connectivity index (χ1v) is 8.78. The largest absolute Gasteiger partial charge is 0.348 e. The van der Waals surface area contributed by atoms with E-state index in [1.165, 1.54) is 0 Å². The van der Waals surface area contributed by atoms with Crippen LogP contribution in [0.5, 0.6) is 0 Å². The van der Waals surface area contributed by atoms with E-state index >= 15 is 0 Å². The summed E-state index contributed by atoms with van der Waals surface area (Å²) in [5, 5.41) is 14.5. The van der Waals surface area contributed by atoms with Crippen LogP contribution >= 0.6 is 35.4 Å². The van der Waals surface area contributed by atoms with Gasteiger partial charge < -0.3 is 4.90 Å². The topological polar surface area (TPSA) is 45.8 Å². The molecular formula is C16H19Cl2N5S. The van der Waals surface area contributed by atoms with Gasteiger partial charge in [-0.1, -0.05) is 29.3 Å². The second kappa shape index (κ2) is 8.05. The average Bonchev–Trinajstić information content (AvgIpc) is 2.84. The van der Waals surface area contributed by atoms with E-state index in [4.69, 9.17) is 35.4 Å². The van der Waals surface area contributed by atoms with E-state index in [0.29, 0.717) is 26.5 Å². The van der Waals surface area contributed by atoms with Gasteiger partial charge in [0, 0.05) is 13.1 Å². The third-order valence-corrected chi connectivity index (χ3v) is 4.90. The number of hydrogen-bond acceptors (Lipinski definition) is 4. The lowest BCUT2D eigenvalue weighted by atomic mass is 10.3. The third kappa shape index (κ3) is 3.77. The molecule has 5 nitrogen and oxygen atoms in total. The van der Waals surface area contributed by atoms with Crippen LogP contribution in [0.1, 0.15) is 25.2 Å². The van der Waals surface area contributed by atoms with E-state index in [1.54, 1.807) is 22.9 Å². The fourth-order valence-electron chi connectivity index (χ4n) is 2.27. The molecule has 128 valence electrons. The van der Waals surface area contributed by atoms with Crippen molar-refractivity contribution in [3.05, 3.63) is 39.6 Å². The Morgan fingerprint density at radius 2 is 1.88 bits per heavy atom. The molecular weight excluding hydrogens is 365 g/mol. The van der Waals surface area contributed by atoms with Crippen molar-refractivity contribution in [3.8, 4) is 0 Å². The van der Waals surface area contributed by atoms with Crippen molar-refractivity contribution in [1.82, 2.24) is 14.7 Å². The number of hydrogen-bond donors (Lipinski definition) is 0. The molecule has 0 aliphatic carbocycles. The van der Waals surface area contributed by atoms with Crippen molar-refractivity contribution in [2.75, 3.05) is 13.1 Å². The highest BCUT2D eigenvalue weighted by Gasteiger charge is 2.17. The number of thiocarbonyl (C=S) groups is 1. The number of azo groups is 1. The molecule has 2 rings (SSSR count). The van der Waals surface area contributed by atoms with Crippen molar-refractivity contribution in [3.63, 3.8) is 0 Å². The smallest absolute Gasteiger partial charge is 0.196 e. The second-order valence-electron chi connectivity index (χ2n) is 5.16. The molecule has 0 saturated carbocycles. The molecule has 0 aliphatic heterocycles. The normalized spacial score (nSPS) is 11.2. The Morgan fingerprint density at radius 3 is 2.50 bits per heavy atom. The molecule has 0 unspecified atom stereocenters. The summed E-state index contributed by atoms with van der Waals surface area (Å²) in [6.45, 7) is 9.56. The molecule has 8 heteroatoms. The maximum absolute atomic E-state index is 6.14. The summed E-state index contributed by atoms with van der Waals surface area (Å²) < 4.78 is 1.73. The van der Waals surface area contributed by atoms with E-state index in [2.05, 4.69) is 34.1 Å². The van der Waals surface area contributed by atoms with Crippen LogP contribution < -0.4 is 0 Å². The zero-order valence-electron chi connectivity index (χ0n) is 14.0. The van der Waals surface area contributed by atoms with Gasteiger partial charge in [0.25, 0.3) is 0 Å². The van der Waals surface area contributed by atoms with Gasteiger partial charge in [-0.05, 0) is 52.0 Å². The van der Waals surface area contributed by atoms with E-state index in [-0.39, 0.29) is 0 Å². The Balaban J connectivity index is 2.37. The first-order valence-electron chi connectivity index (χ1n) is 7.61. The zero-order chi connectivity index (χ0) is 17.9. The van der Waals surface area contributed by atoms with Crippen molar-refractivity contribution >= 4 is 51.9 Å². The Bertz CT molecular complexity index is 781. The van der Waals surface area contributed by atoms with Gasteiger partial charge in [-0.2, -0.15) is 5.10 Å². The lowest BCUT2D eigenvalue weighted by Gasteiger charge is -2.21. The number of halogens is 2. The average molecular weight is 384 g/mol. The molecule has 0 atom stereocenters. The van der Waals surface area contributed by atoms with Gasteiger partial charge in [0.2, 0.25) is 0 Å². The van der Waals surface area contributed by atoms with Crippen molar-refractivity contribution < 1.29 is 0 Å². The Labute approximate surface area is 157 Å². The molecule has 0 aliphatic rings. The van der Waals surface area contributed by atoms with Crippen LogP contribution in [-0.2, 0) is 0 Å². The second-order valence-corrected chi connectivity index (χ2v) is 6.31. The molecule has 24 heavy (non-hydrogen) atoms. The first kappa shape index (κ1) is 18.8. The highest BCUT2D eigenvalue weighted by atomic mass is 35.5. The molecule has 1 aromatic heterocycles. The van der Waals surface area contributed by atoms with Crippen molar-refractivity contribution in [2.45, 2.75) is 27.7 Å². The predicted octanol–water partition coefficient (Wildman–Crippen LogP) is 5.70. The molecule has 0 fully saturated rings. The number of rotatable bonds is 4. The monoisotopic (exact) mass is 383 g/mol. The summed E-state index contributed by atoms with van der Waals surface area (Å²) in [6.07, 6.45) is 0. The summed E-state index contributed by atoms with van der Waals surface area (Å²) in [5.41, 5.74) is 2.79. The molecule has 0 saturated heterocycles. The third-order valence-electron chi connectivity index (χ3n) is 3.66. The predicted molar refractivity (Wildman–Crippen MR) is 103 cm³/mol. The van der Waals surface area contributed by atoms with Gasteiger partial charge >= 0.3 is 0 Å². The Kier molecular flexibility index (Phi) is 6.32. The van der Waals surface area contributed by atoms with Gasteiger partial charge in [0.15, 0.2) is 5.11 Å². The van der Waals surface area contributed by atoms with Crippen LogP contribution in [-0.4, -0.2) is 32.9 Å². The summed E-state index contributed by atoms with van der Waals surface area (Å²) in [7, 11) is 0. The van der Waals surface area contributed by atoms with Gasteiger partial charge in [-0.3, -0.25) is 0 Å². The number of aromatic nitrogens is 2. The molecule has 1 heterocycles. The number of nitrogens with zero attached hydrogens (tertiary/aromatic N) is 5. The van der Waals surface area contributed by atoms with Gasteiger partial charge in [0.05, 0.1) is 21.4 Å². The van der Waals surface area contributed by atoms with E-state index in [9.17, 15) is 0 Å². The maximum atomic E-state index is 6.14. The van der Waals surface area contributed by atoms with E-state index in [0.717, 1.165) is 24.5 Å². The van der Waals surface area contributed by atoms with Gasteiger partial charge in [-0.15, -0.1) is 10.2 Å². The Hall–Kier alpha value is -1.50. The van der Waals surface area contributed by atoms with Crippen LogP contribution in [0.4, 0.5) is 11.4 Å². The van der Waals surface area contributed by atoms with E-state index in [1.807, 2.05) is 13.8 Å². The minimum atomic E-state index is 0.379. The highest BCUT2D eigenvalue weighted by molar-refractivity contribution is 7.80. The summed E-state index contributed by atoms with van der Waals surface area (Å²) in [4.78, 5) is 2.06.